The first-order valence-corrected chi connectivity index (χ1v) is 7.68. The van der Waals surface area contributed by atoms with Gasteiger partial charge in [0.05, 0.1) is 23.5 Å². The lowest BCUT2D eigenvalue weighted by molar-refractivity contribution is -0.00879. The van der Waals surface area contributed by atoms with Crippen molar-refractivity contribution in [3.05, 3.63) is 41.4 Å². The summed E-state index contributed by atoms with van der Waals surface area (Å²) in [7, 11) is -2.59. The fourth-order valence-electron chi connectivity index (χ4n) is 3.10. The van der Waals surface area contributed by atoms with Crippen molar-refractivity contribution in [2.24, 2.45) is 0 Å². The van der Waals surface area contributed by atoms with E-state index in [9.17, 15) is 0 Å². The maximum atomic E-state index is 8.61. The number of piperidine rings is 1. The van der Waals surface area contributed by atoms with Gasteiger partial charge in [-0.2, -0.15) is 0 Å². The van der Waals surface area contributed by atoms with Gasteiger partial charge < -0.3 is 9.64 Å². The van der Waals surface area contributed by atoms with E-state index in [4.69, 9.17) is 23.2 Å². The molecular weight excluding hydrogens is 314 g/mol. The van der Waals surface area contributed by atoms with E-state index in [-0.39, 0.29) is 18.0 Å². The molecule has 23 heavy (non-hydrogen) atoms. The predicted octanol–water partition coefficient (Wildman–Crippen LogP) is 2.00. The van der Waals surface area contributed by atoms with Crippen LogP contribution in [-0.4, -0.2) is 52.1 Å². The van der Waals surface area contributed by atoms with Gasteiger partial charge in [-0.3, -0.25) is 4.90 Å². The maximum absolute atomic E-state index is 8.61. The van der Waals surface area contributed by atoms with Gasteiger partial charge in [-0.15, -0.1) is 0 Å². The van der Waals surface area contributed by atoms with Crippen molar-refractivity contribution < 1.29 is 11.6 Å². The Morgan fingerprint density at radius 1 is 1.26 bits per heavy atom. The molecule has 2 aromatic rings. The third-order valence-corrected chi connectivity index (χ3v) is 4.42. The van der Waals surface area contributed by atoms with Crippen LogP contribution in [-0.2, 0) is 6.50 Å². The minimum absolute atomic E-state index is 0.0320. The standard InChI is InChI=1S/C16H18ClN5O/c1-23-16-3-2-11(5-20-16)8-22-12-4-13(22)10-21(9-12)15-7-18-14(17)6-19-15/h2-3,5-7,12-13H,4,8-10H2,1H3/i1D3,8D2. The van der Waals surface area contributed by atoms with E-state index in [1.807, 2.05) is 4.90 Å². The van der Waals surface area contributed by atoms with Gasteiger partial charge in [0.2, 0.25) is 5.88 Å². The Morgan fingerprint density at radius 2 is 2.13 bits per heavy atom. The van der Waals surface area contributed by atoms with E-state index in [1.165, 1.54) is 24.5 Å². The fraction of sp³-hybridized carbons (Fsp3) is 0.438. The second kappa shape index (κ2) is 5.94. The number of aromatic nitrogens is 3. The molecule has 7 heteroatoms. The molecule has 3 fully saturated rings. The van der Waals surface area contributed by atoms with Crippen LogP contribution in [0.1, 0.15) is 18.8 Å². The Hall–Kier alpha value is -1.92. The zero-order valence-electron chi connectivity index (χ0n) is 17.2. The van der Waals surface area contributed by atoms with Crippen molar-refractivity contribution >= 4 is 17.4 Å². The number of nitrogens with zero attached hydrogens (tertiary/aromatic N) is 5. The third kappa shape index (κ3) is 2.84. The summed E-state index contributed by atoms with van der Waals surface area (Å²) in [6, 6.07) is 2.96. The van der Waals surface area contributed by atoms with Crippen molar-refractivity contribution in [2.75, 3.05) is 25.0 Å². The van der Waals surface area contributed by atoms with Crippen LogP contribution in [0.25, 0.3) is 0 Å². The summed E-state index contributed by atoms with van der Waals surface area (Å²) < 4.78 is 43.3. The van der Waals surface area contributed by atoms with Crippen molar-refractivity contribution in [1.29, 1.82) is 0 Å². The molecule has 0 radical (unpaired) electrons. The molecule has 0 saturated carbocycles. The molecule has 2 bridgehead atoms. The number of anilines is 1. The molecule has 0 amide bonds. The first kappa shape index (κ1) is 10.1. The van der Waals surface area contributed by atoms with Gasteiger partial charge in [-0.1, -0.05) is 17.7 Å². The average Bonchev–Trinajstić information content (AvgIpc) is 2.61. The number of hydrogen-bond donors (Lipinski definition) is 0. The largest absolute Gasteiger partial charge is 0.481 e. The highest BCUT2D eigenvalue weighted by Crippen LogP contribution is 2.35. The lowest BCUT2D eigenvalue weighted by atomic mass is 9.87. The molecule has 0 N–H and O–H groups in total. The Labute approximate surface area is 147 Å². The van der Waals surface area contributed by atoms with Gasteiger partial charge >= 0.3 is 0 Å². The summed E-state index contributed by atoms with van der Waals surface area (Å²) in [5.74, 6) is 0.669. The third-order valence-electron chi connectivity index (χ3n) is 4.22. The maximum Gasteiger partial charge on any atom is 0.212 e. The Balaban J connectivity index is 1.47. The molecule has 3 aliphatic rings. The van der Waals surface area contributed by atoms with Crippen LogP contribution in [0, 0.1) is 0 Å². The molecule has 0 aromatic carbocycles. The number of rotatable bonds is 4. The summed E-state index contributed by atoms with van der Waals surface area (Å²) in [4.78, 5) is 16.2. The summed E-state index contributed by atoms with van der Waals surface area (Å²) in [6.07, 6.45) is 5.37. The summed E-state index contributed by atoms with van der Waals surface area (Å²) in [5.41, 5.74) is 0.361. The highest BCUT2D eigenvalue weighted by Gasteiger charge is 2.44. The molecule has 3 aliphatic heterocycles. The number of piperazine rings is 1. The highest BCUT2D eigenvalue weighted by molar-refractivity contribution is 6.29. The van der Waals surface area contributed by atoms with E-state index in [0.717, 1.165) is 12.2 Å². The van der Waals surface area contributed by atoms with Gasteiger partial charge in [-0.05, 0) is 12.0 Å². The molecule has 0 spiro atoms. The van der Waals surface area contributed by atoms with E-state index >= 15 is 0 Å². The minimum Gasteiger partial charge on any atom is -0.481 e. The van der Waals surface area contributed by atoms with Crippen molar-refractivity contribution in [3.8, 4) is 5.88 Å². The van der Waals surface area contributed by atoms with Gasteiger partial charge in [-0.25, -0.2) is 15.0 Å². The van der Waals surface area contributed by atoms with E-state index in [2.05, 4.69) is 19.9 Å². The second-order valence-electron chi connectivity index (χ2n) is 5.65. The zero-order chi connectivity index (χ0) is 20.1. The fourth-order valence-corrected chi connectivity index (χ4v) is 3.20. The topological polar surface area (TPSA) is 54.4 Å². The Bertz CT molecular complexity index is 836. The van der Waals surface area contributed by atoms with Gasteiger partial charge in [0.1, 0.15) is 11.0 Å². The SMILES string of the molecule is [2H]C([2H])([2H])Oc1ccc(C([2H])([2H])N2C3CC2CN(c2cnc(Cl)cn2)C3)cn1. The van der Waals surface area contributed by atoms with E-state index < -0.39 is 13.5 Å². The van der Waals surface area contributed by atoms with Gasteiger partial charge in [0, 0.05) is 46.7 Å². The molecule has 120 valence electrons. The molecule has 2 atom stereocenters. The molecule has 2 unspecified atom stereocenters. The monoisotopic (exact) mass is 336 g/mol. The van der Waals surface area contributed by atoms with Crippen LogP contribution in [0.4, 0.5) is 5.82 Å². The molecule has 5 heterocycles. The lowest BCUT2D eigenvalue weighted by Gasteiger charge is -2.56. The molecule has 0 aliphatic carbocycles. The molecule has 5 rings (SSSR count). The number of hydrogen-bond acceptors (Lipinski definition) is 6. The zero-order valence-corrected chi connectivity index (χ0v) is 12.9. The van der Waals surface area contributed by atoms with Gasteiger partial charge in [0.25, 0.3) is 0 Å². The summed E-state index contributed by atoms with van der Waals surface area (Å²) in [5, 5.41) is 0.335. The molecule has 3 saturated heterocycles. The van der Waals surface area contributed by atoms with Crippen LogP contribution in [0.5, 0.6) is 5.88 Å². The van der Waals surface area contributed by atoms with Crippen LogP contribution in [0.3, 0.4) is 0 Å². The molecular formula is C16H18ClN5O. The quantitative estimate of drug-likeness (QED) is 0.851. The van der Waals surface area contributed by atoms with Gasteiger partial charge in [0.15, 0.2) is 0 Å². The summed E-state index contributed by atoms with van der Waals surface area (Å²) >= 11 is 5.79. The normalized spacial score (nSPS) is 27.9. The highest BCUT2D eigenvalue weighted by atomic mass is 35.5. The number of ether oxygens (including phenoxy) is 1. The van der Waals surface area contributed by atoms with Crippen molar-refractivity contribution in [2.45, 2.75) is 25.0 Å². The van der Waals surface area contributed by atoms with Crippen molar-refractivity contribution in [1.82, 2.24) is 19.9 Å². The summed E-state index contributed by atoms with van der Waals surface area (Å²) in [6.45, 7) is -0.448. The predicted molar refractivity (Wildman–Crippen MR) is 87.8 cm³/mol. The first-order chi connectivity index (χ1) is 13.1. The van der Waals surface area contributed by atoms with Crippen LogP contribution >= 0.6 is 11.6 Å². The van der Waals surface area contributed by atoms with Crippen LogP contribution < -0.4 is 9.64 Å². The molecule has 6 nitrogen and oxygen atoms in total. The Morgan fingerprint density at radius 3 is 2.78 bits per heavy atom. The first-order valence-electron chi connectivity index (χ1n) is 9.80. The number of halogens is 1. The lowest BCUT2D eigenvalue weighted by Crippen LogP contribution is -2.68. The van der Waals surface area contributed by atoms with Crippen LogP contribution in [0.2, 0.25) is 5.15 Å². The van der Waals surface area contributed by atoms with E-state index in [0.29, 0.717) is 23.8 Å². The average molecular weight is 337 g/mol. The number of methoxy groups -OCH3 is 1. The van der Waals surface area contributed by atoms with Crippen molar-refractivity contribution in [3.63, 3.8) is 0 Å². The van der Waals surface area contributed by atoms with Crippen LogP contribution in [0.15, 0.2) is 30.7 Å². The number of fused-ring (bicyclic) bond motifs is 2. The smallest absolute Gasteiger partial charge is 0.212 e. The molecule has 2 aromatic heterocycles. The van der Waals surface area contributed by atoms with E-state index in [1.54, 1.807) is 6.20 Å². The minimum atomic E-state index is -2.59. The second-order valence-corrected chi connectivity index (χ2v) is 6.04. The number of pyridine rings is 1. The Kier molecular flexibility index (Phi) is 2.60.